The van der Waals surface area contributed by atoms with Gasteiger partial charge in [0.2, 0.25) is 0 Å². The van der Waals surface area contributed by atoms with Crippen LogP contribution in [0.3, 0.4) is 0 Å². The Hall–Kier alpha value is -3.07. The number of amides is 1. The third-order valence-corrected chi connectivity index (χ3v) is 2.38. The average molecular weight is 274 g/mol. The first-order chi connectivity index (χ1) is 9.60. The third kappa shape index (κ3) is 3.03. The summed E-state index contributed by atoms with van der Waals surface area (Å²) in [5, 5.41) is 20.4. The van der Waals surface area contributed by atoms with E-state index in [2.05, 4.69) is 20.9 Å². The minimum absolute atomic E-state index is 0.0545. The molecule has 0 aliphatic heterocycles. The van der Waals surface area contributed by atoms with E-state index in [0.29, 0.717) is 11.5 Å². The van der Waals surface area contributed by atoms with Gasteiger partial charge in [-0.25, -0.2) is 5.84 Å². The van der Waals surface area contributed by atoms with Crippen molar-refractivity contribution in [3.8, 4) is 0 Å². The summed E-state index contributed by atoms with van der Waals surface area (Å²) in [6.45, 7) is 0. The molecule has 0 unspecified atom stereocenters. The minimum atomic E-state index is -0.518. The van der Waals surface area contributed by atoms with E-state index < -0.39 is 10.8 Å². The van der Waals surface area contributed by atoms with Crippen molar-refractivity contribution >= 4 is 23.1 Å². The number of aromatic nitrogens is 2. The molecule has 0 spiro atoms. The second-order valence-corrected chi connectivity index (χ2v) is 3.71. The Balaban J connectivity index is 2.08. The van der Waals surface area contributed by atoms with E-state index in [0.717, 1.165) is 0 Å². The lowest BCUT2D eigenvalue weighted by molar-refractivity contribution is -0.384. The van der Waals surface area contributed by atoms with E-state index in [1.165, 1.54) is 36.4 Å². The lowest BCUT2D eigenvalue weighted by atomic mass is 10.2. The Morgan fingerprint density at radius 2 is 1.85 bits per heavy atom. The largest absolute Gasteiger partial charge is 0.321 e. The maximum atomic E-state index is 11.8. The predicted octanol–water partition coefficient (Wildman–Crippen LogP) is 0.923. The molecule has 4 N–H and O–H groups in total. The van der Waals surface area contributed by atoms with Gasteiger partial charge in [0.15, 0.2) is 11.5 Å². The highest BCUT2D eigenvalue weighted by molar-refractivity contribution is 6.02. The average Bonchev–Trinajstić information content (AvgIpc) is 2.48. The van der Waals surface area contributed by atoms with Gasteiger partial charge in [0.25, 0.3) is 11.6 Å². The highest BCUT2D eigenvalue weighted by atomic mass is 16.6. The summed E-state index contributed by atoms with van der Waals surface area (Å²) < 4.78 is 0. The van der Waals surface area contributed by atoms with Crippen LogP contribution in [0, 0.1) is 10.1 Å². The summed E-state index contributed by atoms with van der Waals surface area (Å²) in [5.41, 5.74) is 2.76. The molecule has 0 aliphatic carbocycles. The summed E-state index contributed by atoms with van der Waals surface area (Å²) in [6, 6.07) is 8.39. The first-order valence-electron chi connectivity index (χ1n) is 5.46. The molecule has 1 amide bonds. The van der Waals surface area contributed by atoms with Crippen molar-refractivity contribution in [2.45, 2.75) is 0 Å². The van der Waals surface area contributed by atoms with Crippen LogP contribution >= 0.6 is 0 Å². The van der Waals surface area contributed by atoms with Crippen LogP contribution in [0.5, 0.6) is 0 Å². The maximum absolute atomic E-state index is 11.8. The number of carbonyl (C=O) groups is 1. The zero-order chi connectivity index (χ0) is 14.5. The summed E-state index contributed by atoms with van der Waals surface area (Å²) in [4.78, 5) is 21.8. The van der Waals surface area contributed by atoms with E-state index in [-0.39, 0.29) is 11.4 Å². The van der Waals surface area contributed by atoms with E-state index in [1.54, 1.807) is 0 Å². The van der Waals surface area contributed by atoms with Gasteiger partial charge in [-0.2, -0.15) is 0 Å². The van der Waals surface area contributed by atoms with Crippen molar-refractivity contribution in [3.63, 3.8) is 0 Å². The third-order valence-electron chi connectivity index (χ3n) is 2.38. The molecule has 102 valence electrons. The fourth-order valence-corrected chi connectivity index (χ4v) is 1.39. The van der Waals surface area contributed by atoms with Crippen molar-refractivity contribution in [1.82, 2.24) is 10.2 Å². The molecule has 1 aromatic carbocycles. The highest BCUT2D eigenvalue weighted by Crippen LogP contribution is 2.15. The van der Waals surface area contributed by atoms with Crippen molar-refractivity contribution in [2.75, 3.05) is 10.7 Å². The number of carbonyl (C=O) groups excluding carboxylic acids is 1. The molecule has 9 nitrogen and oxygen atoms in total. The molecule has 2 aromatic rings. The Morgan fingerprint density at radius 3 is 2.35 bits per heavy atom. The summed E-state index contributed by atoms with van der Waals surface area (Å²) in [7, 11) is 0. The van der Waals surface area contributed by atoms with Crippen molar-refractivity contribution in [3.05, 3.63) is 52.2 Å². The Morgan fingerprint density at radius 1 is 1.15 bits per heavy atom. The molecule has 0 radical (unpaired) electrons. The van der Waals surface area contributed by atoms with Gasteiger partial charge in [-0.05, 0) is 24.3 Å². The quantitative estimate of drug-likeness (QED) is 0.428. The zero-order valence-electron chi connectivity index (χ0n) is 10.1. The summed E-state index contributed by atoms with van der Waals surface area (Å²) >= 11 is 0. The molecule has 9 heteroatoms. The number of non-ortho nitro benzene ring substituents is 1. The van der Waals surface area contributed by atoms with Gasteiger partial charge in [-0.1, -0.05) is 0 Å². The summed E-state index contributed by atoms with van der Waals surface area (Å²) in [5.74, 6) is 4.98. The predicted molar refractivity (Wildman–Crippen MR) is 70.9 cm³/mol. The molecular weight excluding hydrogens is 264 g/mol. The number of hydrazine groups is 1. The van der Waals surface area contributed by atoms with E-state index in [1.807, 2.05) is 0 Å². The maximum Gasteiger partial charge on any atom is 0.276 e. The normalized spacial score (nSPS) is 9.85. The molecule has 1 aromatic heterocycles. The number of nitrogens with one attached hydrogen (secondary N) is 2. The van der Waals surface area contributed by atoms with Crippen molar-refractivity contribution < 1.29 is 9.72 Å². The van der Waals surface area contributed by atoms with Gasteiger partial charge in [0.05, 0.1) is 4.92 Å². The smallest absolute Gasteiger partial charge is 0.276 e. The number of hydrogen-bond acceptors (Lipinski definition) is 7. The van der Waals surface area contributed by atoms with Crippen molar-refractivity contribution in [2.24, 2.45) is 5.84 Å². The standard InChI is InChI=1S/C11H10N6O3/c12-14-10-6-5-9(15-16-10)11(18)13-7-1-3-8(4-2-7)17(19)20/h1-6H,12H2,(H,13,18)(H,14,16). The van der Waals surface area contributed by atoms with Crippen LogP contribution in [0.25, 0.3) is 0 Å². The summed E-state index contributed by atoms with van der Waals surface area (Å²) in [6.07, 6.45) is 0. The Kier molecular flexibility index (Phi) is 3.82. The second kappa shape index (κ2) is 5.71. The fourth-order valence-electron chi connectivity index (χ4n) is 1.39. The van der Waals surface area contributed by atoms with Crippen molar-refractivity contribution in [1.29, 1.82) is 0 Å². The van der Waals surface area contributed by atoms with Crippen LogP contribution in [-0.2, 0) is 0 Å². The Bertz CT molecular complexity index is 626. The number of anilines is 2. The SMILES string of the molecule is NNc1ccc(C(=O)Nc2ccc([N+](=O)[O-])cc2)nn1. The molecule has 0 saturated carbocycles. The number of rotatable bonds is 4. The molecule has 0 saturated heterocycles. The van der Waals surface area contributed by atoms with Crippen LogP contribution < -0.4 is 16.6 Å². The van der Waals surface area contributed by atoms with Crippen LogP contribution in [0.4, 0.5) is 17.2 Å². The first-order valence-corrected chi connectivity index (χ1v) is 5.46. The molecule has 1 heterocycles. The van der Waals surface area contributed by atoms with Gasteiger partial charge in [0.1, 0.15) is 0 Å². The first kappa shape index (κ1) is 13.4. The second-order valence-electron chi connectivity index (χ2n) is 3.71. The van der Waals surface area contributed by atoms with E-state index in [4.69, 9.17) is 5.84 Å². The molecule has 0 atom stereocenters. The molecule has 0 bridgehead atoms. The molecule has 0 aliphatic rings. The van der Waals surface area contributed by atoms with Gasteiger partial charge < -0.3 is 10.7 Å². The number of nitrogen functional groups attached to an aromatic ring is 1. The minimum Gasteiger partial charge on any atom is -0.321 e. The zero-order valence-corrected chi connectivity index (χ0v) is 10.1. The van der Waals surface area contributed by atoms with E-state index in [9.17, 15) is 14.9 Å². The molecular formula is C11H10N6O3. The lowest BCUT2D eigenvalue weighted by Crippen LogP contribution is -2.16. The number of nitro benzene ring substituents is 1. The fraction of sp³-hybridized carbons (Fsp3) is 0. The lowest BCUT2D eigenvalue weighted by Gasteiger charge is -2.04. The molecule has 0 fully saturated rings. The number of hydrogen-bond donors (Lipinski definition) is 3. The Labute approximate surface area is 112 Å². The van der Waals surface area contributed by atoms with E-state index >= 15 is 0 Å². The van der Waals surface area contributed by atoms with Crippen LogP contribution in [-0.4, -0.2) is 21.0 Å². The van der Waals surface area contributed by atoms with Gasteiger partial charge >= 0.3 is 0 Å². The molecule has 2 rings (SSSR count). The monoisotopic (exact) mass is 274 g/mol. The van der Waals surface area contributed by atoms with Crippen LogP contribution in [0.1, 0.15) is 10.5 Å². The molecule has 20 heavy (non-hydrogen) atoms. The van der Waals surface area contributed by atoms with Gasteiger partial charge in [-0.15, -0.1) is 10.2 Å². The topological polar surface area (TPSA) is 136 Å². The number of nitrogens with zero attached hydrogens (tertiary/aromatic N) is 3. The number of nitro groups is 1. The van der Waals surface area contributed by atoms with Gasteiger partial charge in [-0.3, -0.25) is 14.9 Å². The van der Waals surface area contributed by atoms with Crippen LogP contribution in [0.15, 0.2) is 36.4 Å². The van der Waals surface area contributed by atoms with Crippen LogP contribution in [0.2, 0.25) is 0 Å². The highest BCUT2D eigenvalue weighted by Gasteiger charge is 2.10. The number of nitrogens with two attached hydrogens (primary N) is 1. The van der Waals surface area contributed by atoms with Gasteiger partial charge in [0, 0.05) is 17.8 Å². The number of benzene rings is 1.